The first kappa shape index (κ1) is 22.9. The number of hydrogen-bond donors (Lipinski definition) is 2. The molecule has 0 spiro atoms. The minimum absolute atomic E-state index is 0.0478. The highest BCUT2D eigenvalue weighted by molar-refractivity contribution is 6.33. The van der Waals surface area contributed by atoms with Crippen LogP contribution in [0.5, 0.6) is 0 Å². The molecule has 0 radical (unpaired) electrons. The summed E-state index contributed by atoms with van der Waals surface area (Å²) in [4.78, 5) is 20.3. The molecule has 0 saturated carbocycles. The van der Waals surface area contributed by atoms with Gasteiger partial charge in [-0.15, -0.1) is 0 Å². The van der Waals surface area contributed by atoms with Gasteiger partial charge in [0.25, 0.3) is 0 Å². The number of pyridine rings is 1. The minimum Gasteiger partial charge on any atom is -0.353 e. The number of H-pyrrole nitrogens is 1. The third kappa shape index (κ3) is 5.20. The molecule has 0 fully saturated rings. The normalized spacial score (nSPS) is 11.7. The molecule has 0 atom stereocenters. The summed E-state index contributed by atoms with van der Waals surface area (Å²) in [5.41, 5.74) is 3.95. The molecule has 2 aromatic carbocycles. The highest BCUT2D eigenvalue weighted by Gasteiger charge is 2.31. The maximum absolute atomic E-state index is 13.0. The number of aryl methyl sites for hydroxylation is 2. The van der Waals surface area contributed by atoms with Crippen LogP contribution in [0.1, 0.15) is 29.5 Å². The van der Waals surface area contributed by atoms with Gasteiger partial charge in [0.1, 0.15) is 0 Å². The summed E-state index contributed by atoms with van der Waals surface area (Å²) in [6.07, 6.45) is -1.56. The zero-order chi connectivity index (χ0) is 23.6. The van der Waals surface area contributed by atoms with E-state index in [-0.39, 0.29) is 17.1 Å². The second-order valence-electron chi connectivity index (χ2n) is 7.84. The molecule has 2 N–H and O–H groups in total. The molecule has 0 aliphatic heterocycles. The van der Waals surface area contributed by atoms with Gasteiger partial charge in [0.2, 0.25) is 5.91 Å². The van der Waals surface area contributed by atoms with Gasteiger partial charge in [-0.25, -0.2) is 0 Å². The van der Waals surface area contributed by atoms with Gasteiger partial charge in [-0.2, -0.15) is 13.2 Å². The van der Waals surface area contributed by atoms with Gasteiger partial charge in [-0.3, -0.25) is 9.78 Å². The van der Waals surface area contributed by atoms with Crippen molar-refractivity contribution in [2.75, 3.05) is 5.32 Å². The summed E-state index contributed by atoms with van der Waals surface area (Å²) in [5, 5.41) is 3.63. The lowest BCUT2D eigenvalue weighted by Gasteiger charge is -2.12. The number of nitrogens with zero attached hydrogens (tertiary/aromatic N) is 1. The molecule has 4 aromatic rings. The van der Waals surface area contributed by atoms with Gasteiger partial charge in [0.05, 0.1) is 27.7 Å². The van der Waals surface area contributed by atoms with Crippen LogP contribution in [0.3, 0.4) is 0 Å². The first-order chi connectivity index (χ1) is 15.7. The van der Waals surface area contributed by atoms with Crippen LogP contribution in [0.4, 0.5) is 18.9 Å². The van der Waals surface area contributed by atoms with E-state index < -0.39 is 17.6 Å². The van der Waals surface area contributed by atoms with Gasteiger partial charge in [0, 0.05) is 23.5 Å². The average molecular weight is 472 g/mol. The van der Waals surface area contributed by atoms with Crippen LogP contribution < -0.4 is 5.32 Å². The van der Waals surface area contributed by atoms with E-state index in [1.807, 2.05) is 37.3 Å². The largest absolute Gasteiger partial charge is 0.416 e. The van der Waals surface area contributed by atoms with Crippen molar-refractivity contribution >= 4 is 34.1 Å². The molecule has 0 unspecified atom stereocenters. The van der Waals surface area contributed by atoms with Crippen LogP contribution >= 0.6 is 11.6 Å². The molecule has 1 amide bonds. The topological polar surface area (TPSA) is 57.8 Å². The van der Waals surface area contributed by atoms with Gasteiger partial charge >= 0.3 is 6.18 Å². The second-order valence-corrected chi connectivity index (χ2v) is 8.24. The van der Waals surface area contributed by atoms with Crippen molar-refractivity contribution in [3.63, 3.8) is 0 Å². The number of rotatable bonds is 6. The fourth-order valence-corrected chi connectivity index (χ4v) is 3.95. The Kier molecular flexibility index (Phi) is 6.42. The number of fused-ring (bicyclic) bond motifs is 1. The van der Waals surface area contributed by atoms with Crippen LogP contribution in [0.15, 0.2) is 60.8 Å². The Morgan fingerprint density at radius 2 is 1.94 bits per heavy atom. The molecule has 8 heteroatoms. The maximum atomic E-state index is 13.0. The third-order valence-electron chi connectivity index (χ3n) is 5.38. The number of alkyl halides is 3. The van der Waals surface area contributed by atoms with Crippen molar-refractivity contribution in [3.8, 4) is 11.4 Å². The molecular weight excluding hydrogens is 451 g/mol. The molecule has 0 saturated heterocycles. The van der Waals surface area contributed by atoms with Crippen molar-refractivity contribution < 1.29 is 18.0 Å². The number of aromatic nitrogens is 2. The highest BCUT2D eigenvalue weighted by Crippen LogP contribution is 2.34. The van der Waals surface area contributed by atoms with Gasteiger partial charge in [-0.1, -0.05) is 29.3 Å². The summed E-state index contributed by atoms with van der Waals surface area (Å²) in [6.45, 7) is 2.02. The van der Waals surface area contributed by atoms with E-state index in [2.05, 4.69) is 21.4 Å². The molecule has 0 aliphatic carbocycles. The molecule has 4 nitrogen and oxygen atoms in total. The number of halogens is 4. The lowest BCUT2D eigenvalue weighted by atomic mass is 10.0. The third-order valence-corrected chi connectivity index (χ3v) is 5.71. The fraction of sp³-hybridized carbons (Fsp3) is 0.200. The predicted octanol–water partition coefficient (Wildman–Crippen LogP) is 7.17. The van der Waals surface area contributed by atoms with Crippen LogP contribution in [-0.4, -0.2) is 15.9 Å². The zero-order valence-electron chi connectivity index (χ0n) is 17.8. The summed E-state index contributed by atoms with van der Waals surface area (Å²) < 4.78 is 38.9. The SMILES string of the molecule is Cc1ccc2[nH]c(-c3ccccn3)c(CCCC(=O)Nc3cc(C(F)(F)F)ccc3Cl)c2c1. The van der Waals surface area contributed by atoms with Crippen LogP contribution in [0.2, 0.25) is 5.02 Å². The van der Waals surface area contributed by atoms with E-state index in [1.165, 1.54) is 0 Å². The van der Waals surface area contributed by atoms with Crippen molar-refractivity contribution in [2.24, 2.45) is 0 Å². The number of hydrogen-bond acceptors (Lipinski definition) is 2. The lowest BCUT2D eigenvalue weighted by molar-refractivity contribution is -0.137. The first-order valence-electron chi connectivity index (χ1n) is 10.4. The Morgan fingerprint density at radius 1 is 1.12 bits per heavy atom. The van der Waals surface area contributed by atoms with E-state index in [9.17, 15) is 18.0 Å². The quantitative estimate of drug-likeness (QED) is 0.313. The fourth-order valence-electron chi connectivity index (χ4n) is 3.79. The van der Waals surface area contributed by atoms with E-state index in [0.29, 0.717) is 12.8 Å². The number of aromatic amines is 1. The standard InChI is InChI=1S/C25H21ClF3N3O/c1-15-8-11-20-18(13-15)17(24(32-20)21-6-2-3-12-30-21)5-4-7-23(33)31-22-14-16(25(27,28)29)9-10-19(22)26/h2-3,6,8-14,32H,4-5,7H2,1H3,(H,31,33). The first-order valence-corrected chi connectivity index (χ1v) is 10.8. The summed E-state index contributed by atoms with van der Waals surface area (Å²) in [7, 11) is 0. The molecule has 0 bridgehead atoms. The number of benzene rings is 2. The van der Waals surface area contributed by atoms with E-state index in [0.717, 1.165) is 51.6 Å². The zero-order valence-corrected chi connectivity index (χ0v) is 18.5. The number of nitrogens with one attached hydrogen (secondary N) is 2. The van der Waals surface area contributed by atoms with Crippen molar-refractivity contribution in [1.82, 2.24) is 9.97 Å². The van der Waals surface area contributed by atoms with Crippen LogP contribution in [0.25, 0.3) is 22.3 Å². The van der Waals surface area contributed by atoms with Crippen LogP contribution in [0, 0.1) is 6.92 Å². The second kappa shape index (κ2) is 9.27. The van der Waals surface area contributed by atoms with Crippen molar-refractivity contribution in [2.45, 2.75) is 32.4 Å². The van der Waals surface area contributed by atoms with E-state index in [4.69, 9.17) is 11.6 Å². The molecule has 33 heavy (non-hydrogen) atoms. The summed E-state index contributed by atoms with van der Waals surface area (Å²) in [5.74, 6) is -0.397. The molecular formula is C25H21ClF3N3O. The van der Waals surface area contributed by atoms with Crippen molar-refractivity contribution in [1.29, 1.82) is 0 Å². The Labute approximate surface area is 193 Å². The smallest absolute Gasteiger partial charge is 0.353 e. The van der Waals surface area contributed by atoms with E-state index >= 15 is 0 Å². The number of amides is 1. The molecule has 2 heterocycles. The number of anilines is 1. The predicted molar refractivity (Wildman–Crippen MR) is 124 cm³/mol. The number of carbonyl (C=O) groups excluding carboxylic acids is 1. The Morgan fingerprint density at radius 3 is 2.67 bits per heavy atom. The molecule has 4 rings (SSSR count). The monoisotopic (exact) mass is 471 g/mol. The maximum Gasteiger partial charge on any atom is 0.416 e. The Hall–Kier alpha value is -3.32. The minimum atomic E-state index is -4.51. The van der Waals surface area contributed by atoms with Gasteiger partial charge < -0.3 is 10.3 Å². The molecule has 0 aliphatic rings. The Balaban J connectivity index is 1.51. The summed E-state index contributed by atoms with van der Waals surface area (Å²) >= 11 is 5.98. The molecule has 2 aromatic heterocycles. The van der Waals surface area contributed by atoms with Crippen molar-refractivity contribution in [3.05, 3.63) is 82.5 Å². The summed E-state index contributed by atoms with van der Waals surface area (Å²) in [6, 6.07) is 14.7. The van der Waals surface area contributed by atoms with Gasteiger partial charge in [-0.05, 0) is 67.8 Å². The average Bonchev–Trinajstić information content (AvgIpc) is 3.13. The highest BCUT2D eigenvalue weighted by atomic mass is 35.5. The van der Waals surface area contributed by atoms with E-state index in [1.54, 1.807) is 6.20 Å². The number of carbonyl (C=O) groups is 1. The van der Waals surface area contributed by atoms with Gasteiger partial charge in [0.15, 0.2) is 0 Å². The molecule has 170 valence electrons. The lowest BCUT2D eigenvalue weighted by Crippen LogP contribution is -2.13. The Bertz CT molecular complexity index is 1300. The van der Waals surface area contributed by atoms with Crippen LogP contribution in [-0.2, 0) is 17.4 Å².